The maximum atomic E-state index is 5.68. The molecule has 0 atom stereocenters. The van der Waals surface area contributed by atoms with Crippen LogP contribution in [0.15, 0.2) is 12.4 Å². The Bertz CT molecular complexity index is 263. The fourth-order valence-corrected chi connectivity index (χ4v) is 1.32. The summed E-state index contributed by atoms with van der Waals surface area (Å²) in [6, 6.07) is 0. The Hall–Kier alpha value is -0.830. The van der Waals surface area contributed by atoms with Crippen LogP contribution in [0.5, 0.6) is 0 Å². The van der Waals surface area contributed by atoms with Gasteiger partial charge in [0.25, 0.3) is 0 Å². The van der Waals surface area contributed by atoms with Crippen LogP contribution in [0.25, 0.3) is 0 Å². The van der Waals surface area contributed by atoms with Crippen molar-refractivity contribution in [3.8, 4) is 0 Å². The first-order valence-corrected chi connectivity index (χ1v) is 4.79. The van der Waals surface area contributed by atoms with E-state index in [2.05, 4.69) is 30.3 Å². The van der Waals surface area contributed by atoms with Gasteiger partial charge in [0.15, 0.2) is 0 Å². The summed E-state index contributed by atoms with van der Waals surface area (Å²) in [4.78, 5) is 4.28. The number of aryl methyl sites for hydroxylation is 1. The highest BCUT2D eigenvalue weighted by atomic mass is 15.1. The standard InChI is InChI=1S/C10H19N3/c1-4-9-12-5-6-13(9)8-10(2,3)7-11/h5-6H,4,7-8,11H2,1-3H3. The predicted octanol–water partition coefficient (Wildman–Crippen LogP) is 1.43. The lowest BCUT2D eigenvalue weighted by Crippen LogP contribution is -2.29. The zero-order valence-electron chi connectivity index (χ0n) is 8.75. The Kier molecular flexibility index (Phi) is 3.09. The first-order valence-electron chi connectivity index (χ1n) is 4.79. The lowest BCUT2D eigenvalue weighted by Gasteiger charge is -2.23. The van der Waals surface area contributed by atoms with Crippen molar-refractivity contribution >= 4 is 0 Å². The van der Waals surface area contributed by atoms with Gasteiger partial charge in [-0.2, -0.15) is 0 Å². The van der Waals surface area contributed by atoms with Crippen LogP contribution in [0.3, 0.4) is 0 Å². The second-order valence-electron chi connectivity index (χ2n) is 4.19. The van der Waals surface area contributed by atoms with Crippen molar-refractivity contribution in [2.75, 3.05) is 6.54 Å². The van der Waals surface area contributed by atoms with Gasteiger partial charge in [0.1, 0.15) is 5.82 Å². The molecule has 13 heavy (non-hydrogen) atoms. The molecule has 0 aliphatic rings. The highest BCUT2D eigenvalue weighted by Crippen LogP contribution is 2.16. The van der Waals surface area contributed by atoms with E-state index in [9.17, 15) is 0 Å². The molecule has 0 fully saturated rings. The molecule has 0 aromatic carbocycles. The smallest absolute Gasteiger partial charge is 0.108 e. The molecule has 1 rings (SSSR count). The molecule has 1 aromatic rings. The Balaban J connectivity index is 2.73. The van der Waals surface area contributed by atoms with Crippen LogP contribution >= 0.6 is 0 Å². The SMILES string of the molecule is CCc1nccn1CC(C)(C)CN. The van der Waals surface area contributed by atoms with Gasteiger partial charge in [-0.15, -0.1) is 0 Å². The van der Waals surface area contributed by atoms with Crippen LogP contribution in [-0.4, -0.2) is 16.1 Å². The average molecular weight is 181 g/mol. The van der Waals surface area contributed by atoms with Crippen LogP contribution in [0.1, 0.15) is 26.6 Å². The third-order valence-electron chi connectivity index (χ3n) is 2.27. The van der Waals surface area contributed by atoms with Crippen LogP contribution in [-0.2, 0) is 13.0 Å². The summed E-state index contributed by atoms with van der Waals surface area (Å²) < 4.78 is 2.19. The third-order valence-corrected chi connectivity index (χ3v) is 2.27. The van der Waals surface area contributed by atoms with Gasteiger partial charge in [-0.05, 0) is 12.0 Å². The van der Waals surface area contributed by atoms with Gasteiger partial charge in [0.2, 0.25) is 0 Å². The minimum Gasteiger partial charge on any atom is -0.334 e. The van der Waals surface area contributed by atoms with E-state index in [1.54, 1.807) is 0 Å². The highest BCUT2D eigenvalue weighted by Gasteiger charge is 2.17. The van der Waals surface area contributed by atoms with Crippen molar-refractivity contribution in [1.82, 2.24) is 9.55 Å². The minimum atomic E-state index is 0.157. The highest BCUT2D eigenvalue weighted by molar-refractivity contribution is 4.93. The lowest BCUT2D eigenvalue weighted by molar-refractivity contribution is 0.313. The Labute approximate surface area is 80.0 Å². The van der Waals surface area contributed by atoms with E-state index in [4.69, 9.17) is 5.73 Å². The van der Waals surface area contributed by atoms with Gasteiger partial charge in [-0.25, -0.2) is 4.98 Å². The van der Waals surface area contributed by atoms with Gasteiger partial charge in [0, 0.05) is 25.4 Å². The molecule has 2 N–H and O–H groups in total. The topological polar surface area (TPSA) is 43.8 Å². The molecular formula is C10H19N3. The molecule has 0 aliphatic heterocycles. The second-order valence-corrected chi connectivity index (χ2v) is 4.19. The molecule has 3 heteroatoms. The lowest BCUT2D eigenvalue weighted by atomic mass is 9.94. The number of hydrogen-bond donors (Lipinski definition) is 1. The molecule has 1 aromatic heterocycles. The molecule has 0 radical (unpaired) electrons. The first kappa shape index (κ1) is 10.3. The Morgan fingerprint density at radius 1 is 1.54 bits per heavy atom. The molecule has 1 heterocycles. The van der Waals surface area contributed by atoms with Crippen molar-refractivity contribution in [1.29, 1.82) is 0 Å². The van der Waals surface area contributed by atoms with E-state index < -0.39 is 0 Å². The molecule has 0 spiro atoms. The van der Waals surface area contributed by atoms with Crippen molar-refractivity contribution in [3.05, 3.63) is 18.2 Å². The summed E-state index contributed by atoms with van der Waals surface area (Å²) in [6.45, 7) is 8.12. The summed E-state index contributed by atoms with van der Waals surface area (Å²) in [5, 5.41) is 0. The van der Waals surface area contributed by atoms with E-state index in [0.29, 0.717) is 6.54 Å². The number of nitrogens with zero attached hydrogens (tertiary/aromatic N) is 2. The van der Waals surface area contributed by atoms with E-state index in [1.807, 2.05) is 12.4 Å². The number of hydrogen-bond acceptors (Lipinski definition) is 2. The number of aromatic nitrogens is 2. The molecule has 74 valence electrons. The Morgan fingerprint density at radius 2 is 2.23 bits per heavy atom. The summed E-state index contributed by atoms with van der Waals surface area (Å²) in [6.07, 6.45) is 4.86. The molecule has 0 bridgehead atoms. The van der Waals surface area contributed by atoms with Crippen LogP contribution in [0.2, 0.25) is 0 Å². The molecular weight excluding hydrogens is 162 g/mol. The maximum Gasteiger partial charge on any atom is 0.108 e. The van der Waals surface area contributed by atoms with E-state index in [-0.39, 0.29) is 5.41 Å². The fourth-order valence-electron chi connectivity index (χ4n) is 1.32. The first-order chi connectivity index (χ1) is 6.09. The van der Waals surface area contributed by atoms with Gasteiger partial charge in [-0.1, -0.05) is 20.8 Å². The average Bonchev–Trinajstić information content (AvgIpc) is 2.51. The van der Waals surface area contributed by atoms with Crippen molar-refractivity contribution in [2.45, 2.75) is 33.7 Å². The minimum absolute atomic E-state index is 0.157. The second kappa shape index (κ2) is 3.92. The van der Waals surface area contributed by atoms with Crippen molar-refractivity contribution < 1.29 is 0 Å². The van der Waals surface area contributed by atoms with Crippen LogP contribution < -0.4 is 5.73 Å². The molecule has 0 amide bonds. The van der Waals surface area contributed by atoms with Crippen molar-refractivity contribution in [3.63, 3.8) is 0 Å². The Morgan fingerprint density at radius 3 is 2.77 bits per heavy atom. The van der Waals surface area contributed by atoms with E-state index >= 15 is 0 Å². The summed E-state index contributed by atoms with van der Waals surface area (Å²) in [5.74, 6) is 1.14. The molecule has 0 unspecified atom stereocenters. The van der Waals surface area contributed by atoms with E-state index in [1.165, 1.54) is 0 Å². The fraction of sp³-hybridized carbons (Fsp3) is 0.700. The zero-order chi connectivity index (χ0) is 9.90. The summed E-state index contributed by atoms with van der Waals surface area (Å²) >= 11 is 0. The summed E-state index contributed by atoms with van der Waals surface area (Å²) in [5.41, 5.74) is 5.84. The van der Waals surface area contributed by atoms with Gasteiger partial charge in [0.05, 0.1) is 0 Å². The van der Waals surface area contributed by atoms with Crippen molar-refractivity contribution in [2.24, 2.45) is 11.1 Å². The largest absolute Gasteiger partial charge is 0.334 e. The monoisotopic (exact) mass is 181 g/mol. The molecule has 0 saturated heterocycles. The van der Waals surface area contributed by atoms with Crippen LogP contribution in [0, 0.1) is 5.41 Å². The van der Waals surface area contributed by atoms with Gasteiger partial charge in [-0.3, -0.25) is 0 Å². The predicted molar refractivity (Wildman–Crippen MR) is 54.4 cm³/mol. The molecule has 0 saturated carbocycles. The molecule has 0 aliphatic carbocycles. The van der Waals surface area contributed by atoms with E-state index in [0.717, 1.165) is 18.8 Å². The number of rotatable bonds is 4. The quantitative estimate of drug-likeness (QED) is 0.763. The number of imidazole rings is 1. The van der Waals surface area contributed by atoms with Gasteiger partial charge < -0.3 is 10.3 Å². The zero-order valence-corrected chi connectivity index (χ0v) is 8.75. The summed E-state index contributed by atoms with van der Waals surface area (Å²) in [7, 11) is 0. The van der Waals surface area contributed by atoms with Gasteiger partial charge >= 0.3 is 0 Å². The van der Waals surface area contributed by atoms with Crippen LogP contribution in [0.4, 0.5) is 0 Å². The maximum absolute atomic E-state index is 5.68. The normalized spacial score (nSPS) is 12.0. The molecule has 3 nitrogen and oxygen atoms in total. The third kappa shape index (κ3) is 2.56. The number of nitrogens with two attached hydrogens (primary N) is 1.